The predicted octanol–water partition coefficient (Wildman–Crippen LogP) is 4.19. The molecule has 1 atom stereocenters. The molecule has 2 rings (SSSR count). The number of aryl methyl sites for hydroxylation is 2. The van der Waals surface area contributed by atoms with Gasteiger partial charge in [0.15, 0.2) is 5.17 Å². The topological polar surface area (TPSA) is 49.7 Å². The molecule has 0 aliphatic carbocycles. The third-order valence-electron chi connectivity index (χ3n) is 3.54. The lowest BCUT2D eigenvalue weighted by Crippen LogP contribution is -2.38. The molecule has 1 amide bonds. The average molecular weight is 428 g/mol. The number of thioether (sulfide) groups is 1. The lowest BCUT2D eigenvalue weighted by atomic mass is 10.1. The monoisotopic (exact) mass is 428 g/mol. The molecule has 0 radical (unpaired) electrons. The van der Waals surface area contributed by atoms with Crippen LogP contribution < -0.4 is 0 Å². The van der Waals surface area contributed by atoms with Gasteiger partial charge in [0.05, 0.1) is 28.8 Å². The highest BCUT2D eigenvalue weighted by Crippen LogP contribution is 2.31. The van der Waals surface area contributed by atoms with E-state index in [9.17, 15) is 31.0 Å². The molecule has 1 unspecified atom stereocenters. The Balaban J connectivity index is 2.40. The minimum absolute atomic E-state index is 0.0287. The zero-order chi connectivity index (χ0) is 20.6. The fraction of sp³-hybridized carbons (Fsp3) is 0.500. The molecule has 0 spiro atoms. The first-order chi connectivity index (χ1) is 12.3. The lowest BCUT2D eigenvalue weighted by molar-refractivity contribution is -0.127. The number of hydrogen-bond acceptors (Lipinski definition) is 4. The van der Waals surface area contributed by atoms with E-state index in [-0.39, 0.29) is 21.5 Å². The number of carbonyl (C=O) groups is 1. The summed E-state index contributed by atoms with van der Waals surface area (Å²) in [5, 5.41) is 0.0426. The highest BCUT2D eigenvalue weighted by atomic mass is 32.2. The minimum Gasteiger partial charge on any atom is -0.284 e. The molecule has 0 bridgehead atoms. The Labute approximate surface area is 159 Å². The van der Waals surface area contributed by atoms with Crippen LogP contribution in [0, 0.1) is 13.8 Å². The standard InChI is InChI=1S/C16H17F5N2O2S2/c1-9-4-10(2)12(27(25)8-16(19,20)21)5-11(9)22-14-23(7-15(3,17)18)13(24)6-26-14/h4-5H,6-8H2,1-3H3. The van der Waals surface area contributed by atoms with Gasteiger partial charge in [-0.25, -0.2) is 13.8 Å². The Morgan fingerprint density at radius 2 is 1.81 bits per heavy atom. The van der Waals surface area contributed by atoms with Crippen molar-refractivity contribution in [3.05, 3.63) is 23.3 Å². The van der Waals surface area contributed by atoms with Gasteiger partial charge in [0, 0.05) is 11.8 Å². The van der Waals surface area contributed by atoms with E-state index in [1.54, 1.807) is 6.92 Å². The van der Waals surface area contributed by atoms with E-state index in [4.69, 9.17) is 0 Å². The number of aliphatic imine (C=N–C) groups is 1. The van der Waals surface area contributed by atoms with E-state index in [1.807, 2.05) is 0 Å². The summed E-state index contributed by atoms with van der Waals surface area (Å²) in [5.74, 6) is -5.18. The number of nitrogens with zero attached hydrogens (tertiary/aromatic N) is 2. The minimum atomic E-state index is -4.59. The van der Waals surface area contributed by atoms with Crippen LogP contribution in [0.25, 0.3) is 0 Å². The summed E-state index contributed by atoms with van der Waals surface area (Å²) in [7, 11) is -2.32. The average Bonchev–Trinajstić information content (AvgIpc) is 2.79. The van der Waals surface area contributed by atoms with Crippen LogP contribution in [-0.4, -0.2) is 50.3 Å². The molecule has 11 heteroatoms. The van der Waals surface area contributed by atoms with Crippen molar-refractivity contribution in [1.29, 1.82) is 0 Å². The first-order valence-electron chi connectivity index (χ1n) is 7.73. The Morgan fingerprint density at radius 1 is 1.19 bits per heavy atom. The van der Waals surface area contributed by atoms with Crippen LogP contribution in [0.2, 0.25) is 0 Å². The van der Waals surface area contributed by atoms with Gasteiger partial charge in [-0.05, 0) is 31.0 Å². The van der Waals surface area contributed by atoms with E-state index in [0.29, 0.717) is 18.1 Å². The second-order valence-corrected chi connectivity index (χ2v) is 8.60. The van der Waals surface area contributed by atoms with Gasteiger partial charge in [0.1, 0.15) is 5.75 Å². The van der Waals surface area contributed by atoms with Crippen LogP contribution in [0.1, 0.15) is 18.1 Å². The van der Waals surface area contributed by atoms with Gasteiger partial charge >= 0.3 is 6.18 Å². The SMILES string of the molecule is Cc1cc(C)c(S(=O)CC(F)(F)F)cc1N=C1SCC(=O)N1CC(C)(F)F. The molecule has 1 aromatic carbocycles. The third-order valence-corrected chi connectivity index (χ3v) is 6.02. The molecule has 1 aromatic rings. The van der Waals surface area contributed by atoms with Crippen molar-refractivity contribution < 1.29 is 31.0 Å². The molecule has 1 aliphatic heterocycles. The van der Waals surface area contributed by atoms with Crippen molar-refractivity contribution in [2.24, 2.45) is 4.99 Å². The van der Waals surface area contributed by atoms with Crippen LogP contribution in [-0.2, 0) is 15.6 Å². The van der Waals surface area contributed by atoms with E-state index >= 15 is 0 Å². The molecule has 0 N–H and O–H groups in total. The summed E-state index contributed by atoms with van der Waals surface area (Å²) in [6.07, 6.45) is -4.59. The number of amidine groups is 1. The second-order valence-electron chi connectivity index (χ2n) is 6.24. The fourth-order valence-electron chi connectivity index (χ4n) is 2.43. The Kier molecular flexibility index (Phi) is 6.35. The predicted molar refractivity (Wildman–Crippen MR) is 95.1 cm³/mol. The molecule has 4 nitrogen and oxygen atoms in total. The molecule has 27 heavy (non-hydrogen) atoms. The van der Waals surface area contributed by atoms with Gasteiger partial charge in [-0.3, -0.25) is 13.9 Å². The molecular formula is C16H17F5N2O2S2. The largest absolute Gasteiger partial charge is 0.400 e. The molecule has 0 aromatic heterocycles. The molecule has 1 fully saturated rings. The van der Waals surface area contributed by atoms with E-state index in [1.165, 1.54) is 19.1 Å². The number of halogens is 5. The highest BCUT2D eigenvalue weighted by molar-refractivity contribution is 8.15. The van der Waals surface area contributed by atoms with Gasteiger partial charge < -0.3 is 0 Å². The maximum absolute atomic E-state index is 13.3. The molecule has 0 saturated carbocycles. The number of hydrogen-bond donors (Lipinski definition) is 0. The molecule has 1 heterocycles. The zero-order valence-corrected chi connectivity index (χ0v) is 16.3. The Hall–Kier alpha value is -1.49. The maximum Gasteiger partial charge on any atom is 0.400 e. The van der Waals surface area contributed by atoms with Gasteiger partial charge in [-0.15, -0.1) is 0 Å². The van der Waals surface area contributed by atoms with Crippen molar-refractivity contribution in [3.8, 4) is 0 Å². The first kappa shape index (κ1) is 21.8. The van der Waals surface area contributed by atoms with E-state index in [0.717, 1.165) is 16.7 Å². The quantitative estimate of drug-likeness (QED) is 0.661. The van der Waals surface area contributed by atoms with Crippen LogP contribution in [0.15, 0.2) is 22.0 Å². The normalized spacial score (nSPS) is 18.4. The summed E-state index contributed by atoms with van der Waals surface area (Å²) < 4.78 is 76.3. The number of carbonyl (C=O) groups excluding carboxylic acids is 1. The maximum atomic E-state index is 13.3. The van der Waals surface area contributed by atoms with Gasteiger partial charge in [0.2, 0.25) is 5.91 Å². The van der Waals surface area contributed by atoms with Crippen molar-refractivity contribution in [2.45, 2.75) is 37.8 Å². The number of benzene rings is 1. The van der Waals surface area contributed by atoms with Gasteiger partial charge in [-0.1, -0.05) is 17.8 Å². The van der Waals surface area contributed by atoms with Gasteiger partial charge in [-0.2, -0.15) is 13.2 Å². The molecule has 1 saturated heterocycles. The van der Waals surface area contributed by atoms with Gasteiger partial charge in [0.25, 0.3) is 5.92 Å². The Morgan fingerprint density at radius 3 is 2.37 bits per heavy atom. The molecule has 150 valence electrons. The zero-order valence-electron chi connectivity index (χ0n) is 14.7. The Bertz CT molecular complexity index is 803. The summed E-state index contributed by atoms with van der Waals surface area (Å²) in [6.45, 7) is 3.01. The van der Waals surface area contributed by atoms with Crippen LogP contribution in [0.4, 0.5) is 27.6 Å². The van der Waals surface area contributed by atoms with E-state index in [2.05, 4.69) is 4.99 Å². The molecular weight excluding hydrogens is 411 g/mol. The van der Waals surface area contributed by atoms with Crippen LogP contribution in [0.3, 0.4) is 0 Å². The van der Waals surface area contributed by atoms with E-state index < -0.39 is 41.1 Å². The first-order valence-corrected chi connectivity index (χ1v) is 10.0. The van der Waals surface area contributed by atoms with Crippen LogP contribution in [0.5, 0.6) is 0 Å². The number of amides is 1. The number of rotatable bonds is 5. The van der Waals surface area contributed by atoms with Crippen molar-refractivity contribution in [3.63, 3.8) is 0 Å². The summed E-state index contributed by atoms with van der Waals surface area (Å²) in [6, 6.07) is 2.79. The van der Waals surface area contributed by atoms with Crippen molar-refractivity contribution in [1.82, 2.24) is 4.90 Å². The lowest BCUT2D eigenvalue weighted by Gasteiger charge is -2.20. The summed E-state index contributed by atoms with van der Waals surface area (Å²) >= 11 is 0.968. The summed E-state index contributed by atoms with van der Waals surface area (Å²) in [4.78, 5) is 16.9. The number of alkyl halides is 5. The second kappa shape index (κ2) is 7.86. The smallest absolute Gasteiger partial charge is 0.284 e. The summed E-state index contributed by atoms with van der Waals surface area (Å²) in [5.41, 5.74) is 1.16. The molecule has 1 aliphatic rings. The highest BCUT2D eigenvalue weighted by Gasteiger charge is 2.36. The third kappa shape index (κ3) is 6.00. The fourth-order valence-corrected chi connectivity index (χ4v) is 4.44. The van der Waals surface area contributed by atoms with Crippen molar-refractivity contribution >= 4 is 39.3 Å². The van der Waals surface area contributed by atoms with Crippen LogP contribution >= 0.6 is 11.8 Å². The van der Waals surface area contributed by atoms with Crippen molar-refractivity contribution in [2.75, 3.05) is 18.1 Å².